The highest BCUT2D eigenvalue weighted by molar-refractivity contribution is 5.91. The van der Waals surface area contributed by atoms with E-state index in [1.165, 1.54) is 6.42 Å². The van der Waals surface area contributed by atoms with E-state index in [4.69, 9.17) is 9.47 Å². The second kappa shape index (κ2) is 10.8. The Hall–Kier alpha value is -2.08. The molecule has 30 heavy (non-hydrogen) atoms. The monoisotopic (exact) mass is 433 g/mol. The third-order valence-electron chi connectivity index (χ3n) is 5.73. The number of hydrogen-bond donors (Lipinski definition) is 1. The van der Waals surface area contributed by atoms with Gasteiger partial charge in [-0.05, 0) is 68.9 Å². The van der Waals surface area contributed by atoms with Crippen LogP contribution in [0.2, 0.25) is 0 Å². The second-order valence-electron chi connectivity index (χ2n) is 8.17. The summed E-state index contributed by atoms with van der Waals surface area (Å²) in [6.45, 7) is 0.779. The molecule has 1 fully saturated rings. The number of halogens is 1. The van der Waals surface area contributed by atoms with E-state index in [0.717, 1.165) is 37.8 Å². The normalized spacial score (nSPS) is 16.4. The Balaban J connectivity index is 0.00000320. The molecule has 6 heteroatoms. The zero-order valence-corrected chi connectivity index (χ0v) is 18.8. The first kappa shape index (κ1) is 24.2. The maximum absolute atomic E-state index is 12.4. The standard InChI is InChI=1S/C24H31NO4.ClH/c1-25(2)17-22(24(27)15-5-4-6-16-24)18-7-13-21(14-8-18)29-23(26)19-9-11-20(28-3)12-10-19;/h7-14,22,27H,4-6,15-17H2,1-3H3;1H. The van der Waals surface area contributed by atoms with E-state index in [1.54, 1.807) is 31.4 Å². The number of rotatable bonds is 7. The molecule has 5 nitrogen and oxygen atoms in total. The molecule has 3 rings (SSSR count). The van der Waals surface area contributed by atoms with Gasteiger partial charge in [0, 0.05) is 12.5 Å². The van der Waals surface area contributed by atoms with Crippen LogP contribution in [0.15, 0.2) is 48.5 Å². The summed E-state index contributed by atoms with van der Waals surface area (Å²) < 4.78 is 10.6. The Bertz CT molecular complexity index is 799. The number of nitrogens with zero attached hydrogens (tertiary/aromatic N) is 1. The van der Waals surface area contributed by atoms with Crippen molar-refractivity contribution < 1.29 is 19.4 Å². The van der Waals surface area contributed by atoms with Crippen LogP contribution in [0.5, 0.6) is 11.5 Å². The van der Waals surface area contributed by atoms with Gasteiger partial charge in [0.2, 0.25) is 0 Å². The lowest BCUT2D eigenvalue weighted by atomic mass is 9.72. The van der Waals surface area contributed by atoms with Gasteiger partial charge in [-0.15, -0.1) is 12.4 Å². The zero-order chi connectivity index (χ0) is 20.9. The SMILES string of the molecule is COc1ccc(C(=O)Oc2ccc(C(CN(C)C)C3(O)CCCCC3)cc2)cc1.Cl. The molecule has 2 aromatic rings. The third-order valence-corrected chi connectivity index (χ3v) is 5.73. The fourth-order valence-corrected chi connectivity index (χ4v) is 4.12. The van der Waals surface area contributed by atoms with E-state index in [-0.39, 0.29) is 18.3 Å². The Labute approximate surface area is 185 Å². The molecule has 0 aromatic heterocycles. The van der Waals surface area contributed by atoms with Crippen molar-refractivity contribution in [2.24, 2.45) is 0 Å². The molecular formula is C24H32ClNO4. The molecule has 1 atom stereocenters. The van der Waals surface area contributed by atoms with Crippen LogP contribution < -0.4 is 9.47 Å². The number of methoxy groups -OCH3 is 1. The van der Waals surface area contributed by atoms with Gasteiger partial charge in [-0.2, -0.15) is 0 Å². The van der Waals surface area contributed by atoms with Crippen LogP contribution in [0, 0.1) is 0 Å². The lowest BCUT2D eigenvalue weighted by Crippen LogP contribution is -2.42. The third kappa shape index (κ3) is 5.97. The van der Waals surface area contributed by atoms with Crippen LogP contribution in [0.1, 0.15) is 53.9 Å². The van der Waals surface area contributed by atoms with Crippen molar-refractivity contribution in [2.45, 2.75) is 43.6 Å². The molecule has 1 N–H and O–H groups in total. The first-order valence-electron chi connectivity index (χ1n) is 10.2. The lowest BCUT2D eigenvalue weighted by Gasteiger charge is -2.40. The molecule has 0 aliphatic heterocycles. The van der Waals surface area contributed by atoms with E-state index in [9.17, 15) is 9.90 Å². The molecule has 0 amide bonds. The quantitative estimate of drug-likeness (QED) is 0.507. The first-order chi connectivity index (χ1) is 13.9. The van der Waals surface area contributed by atoms with Gasteiger partial charge in [-0.25, -0.2) is 4.79 Å². The summed E-state index contributed by atoms with van der Waals surface area (Å²) in [6.07, 6.45) is 4.99. The number of benzene rings is 2. The molecule has 1 saturated carbocycles. The van der Waals surface area contributed by atoms with Crippen molar-refractivity contribution in [1.29, 1.82) is 0 Å². The molecule has 0 spiro atoms. The van der Waals surface area contributed by atoms with Crippen molar-refractivity contribution in [3.63, 3.8) is 0 Å². The Morgan fingerprint density at radius 3 is 2.10 bits per heavy atom. The van der Waals surface area contributed by atoms with Crippen LogP contribution in [-0.2, 0) is 0 Å². The van der Waals surface area contributed by atoms with E-state index in [1.807, 2.05) is 38.4 Å². The van der Waals surface area contributed by atoms with Gasteiger partial charge in [-0.3, -0.25) is 0 Å². The predicted molar refractivity (Wildman–Crippen MR) is 121 cm³/mol. The average Bonchev–Trinajstić information content (AvgIpc) is 2.73. The summed E-state index contributed by atoms with van der Waals surface area (Å²) >= 11 is 0. The molecule has 1 unspecified atom stereocenters. The van der Waals surface area contributed by atoms with Crippen molar-refractivity contribution in [2.75, 3.05) is 27.7 Å². The van der Waals surface area contributed by atoms with E-state index in [0.29, 0.717) is 17.1 Å². The highest BCUT2D eigenvalue weighted by atomic mass is 35.5. The molecule has 0 bridgehead atoms. The van der Waals surface area contributed by atoms with Crippen LogP contribution >= 0.6 is 12.4 Å². The number of esters is 1. The van der Waals surface area contributed by atoms with Crippen molar-refractivity contribution >= 4 is 18.4 Å². The molecular weight excluding hydrogens is 402 g/mol. The summed E-state index contributed by atoms with van der Waals surface area (Å²) in [5.41, 5.74) is 0.869. The highest BCUT2D eigenvalue weighted by Gasteiger charge is 2.38. The predicted octanol–water partition coefficient (Wildman–Crippen LogP) is 4.68. The average molecular weight is 434 g/mol. The number of carbonyl (C=O) groups excluding carboxylic acids is 1. The van der Waals surface area contributed by atoms with Crippen molar-refractivity contribution in [1.82, 2.24) is 4.90 Å². The van der Waals surface area contributed by atoms with Crippen molar-refractivity contribution in [3.05, 3.63) is 59.7 Å². The number of aliphatic hydroxyl groups is 1. The van der Waals surface area contributed by atoms with Crippen LogP contribution in [0.3, 0.4) is 0 Å². The fourth-order valence-electron chi connectivity index (χ4n) is 4.12. The summed E-state index contributed by atoms with van der Waals surface area (Å²) in [6, 6.07) is 14.4. The molecule has 0 heterocycles. The Morgan fingerprint density at radius 1 is 1.00 bits per heavy atom. The topological polar surface area (TPSA) is 59.0 Å². The molecule has 0 saturated heterocycles. The van der Waals surface area contributed by atoms with Crippen LogP contribution in [0.4, 0.5) is 0 Å². The maximum Gasteiger partial charge on any atom is 0.343 e. The van der Waals surface area contributed by atoms with Crippen LogP contribution in [-0.4, -0.2) is 49.3 Å². The van der Waals surface area contributed by atoms with Gasteiger partial charge >= 0.3 is 5.97 Å². The summed E-state index contributed by atoms with van der Waals surface area (Å²) in [4.78, 5) is 14.5. The highest BCUT2D eigenvalue weighted by Crippen LogP contribution is 2.40. The van der Waals surface area contributed by atoms with Gasteiger partial charge in [0.25, 0.3) is 0 Å². The lowest BCUT2D eigenvalue weighted by molar-refractivity contribution is -0.0277. The van der Waals surface area contributed by atoms with Gasteiger partial charge in [0.1, 0.15) is 11.5 Å². The smallest absolute Gasteiger partial charge is 0.343 e. The maximum atomic E-state index is 12.4. The number of carbonyl (C=O) groups is 1. The fraction of sp³-hybridized carbons (Fsp3) is 0.458. The number of likely N-dealkylation sites (N-methyl/N-ethyl adjacent to an activating group) is 1. The van der Waals surface area contributed by atoms with Gasteiger partial charge in [0.05, 0.1) is 18.3 Å². The largest absolute Gasteiger partial charge is 0.497 e. The summed E-state index contributed by atoms with van der Waals surface area (Å²) in [7, 11) is 5.65. The van der Waals surface area contributed by atoms with Crippen LogP contribution in [0.25, 0.3) is 0 Å². The van der Waals surface area contributed by atoms with E-state index < -0.39 is 11.6 Å². The van der Waals surface area contributed by atoms with E-state index in [2.05, 4.69) is 4.90 Å². The Morgan fingerprint density at radius 2 is 1.57 bits per heavy atom. The van der Waals surface area contributed by atoms with Gasteiger partial charge in [0.15, 0.2) is 0 Å². The molecule has 164 valence electrons. The molecule has 0 radical (unpaired) electrons. The van der Waals surface area contributed by atoms with Gasteiger partial charge in [-0.1, -0.05) is 31.4 Å². The summed E-state index contributed by atoms with van der Waals surface area (Å²) in [5.74, 6) is 0.813. The number of ether oxygens (including phenoxy) is 2. The minimum absolute atomic E-state index is 0. The minimum Gasteiger partial charge on any atom is -0.497 e. The Kier molecular flexibility index (Phi) is 8.71. The number of hydrogen-bond acceptors (Lipinski definition) is 5. The minimum atomic E-state index is -0.677. The summed E-state index contributed by atoms with van der Waals surface area (Å²) in [5, 5.41) is 11.3. The molecule has 1 aliphatic rings. The molecule has 1 aliphatic carbocycles. The van der Waals surface area contributed by atoms with E-state index >= 15 is 0 Å². The van der Waals surface area contributed by atoms with Gasteiger partial charge < -0.3 is 19.5 Å². The van der Waals surface area contributed by atoms with Crippen molar-refractivity contribution in [3.8, 4) is 11.5 Å². The zero-order valence-electron chi connectivity index (χ0n) is 18.0. The second-order valence-corrected chi connectivity index (χ2v) is 8.17. The first-order valence-corrected chi connectivity index (χ1v) is 10.2. The molecule has 2 aromatic carbocycles.